The lowest BCUT2D eigenvalue weighted by atomic mass is 10.2. The Labute approximate surface area is 156 Å². The van der Waals surface area contributed by atoms with E-state index >= 15 is 0 Å². The summed E-state index contributed by atoms with van der Waals surface area (Å²) in [5.41, 5.74) is -0.237. The molecule has 0 radical (unpaired) electrons. The average molecular weight is 381 g/mol. The number of hydrogen-bond acceptors (Lipinski definition) is 4. The van der Waals surface area contributed by atoms with Crippen LogP contribution >= 0.6 is 0 Å². The van der Waals surface area contributed by atoms with Crippen molar-refractivity contribution >= 4 is 5.91 Å². The van der Waals surface area contributed by atoms with Gasteiger partial charge in [-0.25, -0.2) is 4.98 Å². The molecule has 0 saturated carbocycles. The van der Waals surface area contributed by atoms with Gasteiger partial charge in [0.1, 0.15) is 5.75 Å². The third-order valence-electron chi connectivity index (χ3n) is 3.99. The van der Waals surface area contributed by atoms with Gasteiger partial charge in [-0.3, -0.25) is 9.69 Å². The number of benzene rings is 1. The summed E-state index contributed by atoms with van der Waals surface area (Å²) in [5.74, 6) is 0.0298. The van der Waals surface area contributed by atoms with Gasteiger partial charge >= 0.3 is 6.18 Å². The molecule has 27 heavy (non-hydrogen) atoms. The molecule has 1 atom stereocenters. The SMILES string of the molecule is CC[C@@H](C(=O)NCc1cccnc1Oc1cccc(C(F)(F)F)c1)N(C)C. The Kier molecular flexibility index (Phi) is 6.79. The highest BCUT2D eigenvalue weighted by atomic mass is 19.4. The summed E-state index contributed by atoms with van der Waals surface area (Å²) in [6, 6.07) is 7.68. The van der Waals surface area contributed by atoms with Crippen LogP contribution in [-0.2, 0) is 17.5 Å². The average Bonchev–Trinajstić information content (AvgIpc) is 2.61. The van der Waals surface area contributed by atoms with Gasteiger partial charge in [0.05, 0.1) is 11.6 Å². The summed E-state index contributed by atoms with van der Waals surface area (Å²) in [6.45, 7) is 2.07. The second kappa shape index (κ2) is 8.85. The Balaban J connectivity index is 2.13. The molecule has 0 saturated heterocycles. The molecule has 1 heterocycles. The second-order valence-corrected chi connectivity index (χ2v) is 6.20. The number of carbonyl (C=O) groups excluding carboxylic acids is 1. The van der Waals surface area contributed by atoms with E-state index in [1.165, 1.54) is 18.3 Å². The molecule has 0 fully saturated rings. The third-order valence-corrected chi connectivity index (χ3v) is 3.99. The van der Waals surface area contributed by atoms with Crippen LogP contribution in [0.2, 0.25) is 0 Å². The van der Waals surface area contributed by atoms with Gasteiger partial charge in [-0.05, 0) is 44.8 Å². The number of ether oxygens (including phenoxy) is 1. The summed E-state index contributed by atoms with van der Waals surface area (Å²) in [6.07, 6.45) is -2.33. The van der Waals surface area contributed by atoms with Crippen molar-refractivity contribution in [2.75, 3.05) is 14.1 Å². The van der Waals surface area contributed by atoms with Gasteiger partial charge in [0.15, 0.2) is 0 Å². The number of halogens is 3. The number of nitrogens with zero attached hydrogens (tertiary/aromatic N) is 2. The van der Waals surface area contributed by atoms with Crippen LogP contribution in [0.5, 0.6) is 11.6 Å². The van der Waals surface area contributed by atoms with Gasteiger partial charge in [-0.2, -0.15) is 13.2 Å². The lowest BCUT2D eigenvalue weighted by Gasteiger charge is -2.22. The van der Waals surface area contributed by atoms with Crippen molar-refractivity contribution in [2.24, 2.45) is 0 Å². The molecule has 0 aliphatic heterocycles. The summed E-state index contributed by atoms with van der Waals surface area (Å²) in [4.78, 5) is 18.2. The fourth-order valence-corrected chi connectivity index (χ4v) is 2.58. The zero-order valence-electron chi connectivity index (χ0n) is 15.4. The van der Waals surface area contributed by atoms with Gasteiger partial charge in [0.2, 0.25) is 11.8 Å². The predicted molar refractivity (Wildman–Crippen MR) is 95.4 cm³/mol. The first-order chi connectivity index (χ1) is 12.7. The molecule has 8 heteroatoms. The van der Waals surface area contributed by atoms with Crippen LogP contribution in [0.1, 0.15) is 24.5 Å². The minimum absolute atomic E-state index is 0.0239. The lowest BCUT2D eigenvalue weighted by molar-refractivity contribution is -0.137. The Hall–Kier alpha value is -2.61. The van der Waals surface area contributed by atoms with E-state index in [9.17, 15) is 18.0 Å². The molecule has 5 nitrogen and oxygen atoms in total. The van der Waals surface area contributed by atoms with Crippen LogP contribution in [0.4, 0.5) is 13.2 Å². The molecule has 0 spiro atoms. The summed E-state index contributed by atoms with van der Waals surface area (Å²) in [7, 11) is 3.64. The number of hydrogen-bond donors (Lipinski definition) is 1. The van der Waals surface area contributed by atoms with Crippen molar-refractivity contribution in [3.8, 4) is 11.6 Å². The molecule has 1 aromatic heterocycles. The van der Waals surface area contributed by atoms with Gasteiger partial charge in [-0.1, -0.05) is 19.1 Å². The fraction of sp³-hybridized carbons (Fsp3) is 0.368. The Morgan fingerprint density at radius 2 is 2.00 bits per heavy atom. The largest absolute Gasteiger partial charge is 0.439 e. The maximum atomic E-state index is 12.8. The molecule has 1 aromatic carbocycles. The molecule has 1 amide bonds. The molecule has 146 valence electrons. The van der Waals surface area contributed by atoms with Crippen molar-refractivity contribution in [1.29, 1.82) is 0 Å². The Morgan fingerprint density at radius 1 is 1.26 bits per heavy atom. The molecule has 0 unspecified atom stereocenters. The van der Waals surface area contributed by atoms with Gasteiger partial charge in [0.25, 0.3) is 0 Å². The molecular weight excluding hydrogens is 359 g/mol. The zero-order valence-corrected chi connectivity index (χ0v) is 15.4. The molecule has 0 aliphatic rings. The maximum Gasteiger partial charge on any atom is 0.416 e. The van der Waals surface area contributed by atoms with Crippen molar-refractivity contribution in [3.05, 3.63) is 53.7 Å². The third kappa shape index (κ3) is 5.68. The fourth-order valence-electron chi connectivity index (χ4n) is 2.58. The van der Waals surface area contributed by atoms with E-state index in [1.807, 2.05) is 25.9 Å². The van der Waals surface area contributed by atoms with Crippen LogP contribution in [0.25, 0.3) is 0 Å². The van der Waals surface area contributed by atoms with Gasteiger partial charge < -0.3 is 10.1 Å². The van der Waals surface area contributed by atoms with Crippen LogP contribution < -0.4 is 10.1 Å². The van der Waals surface area contributed by atoms with E-state index in [4.69, 9.17) is 4.74 Å². The molecule has 0 aliphatic carbocycles. The van der Waals surface area contributed by atoms with Crippen molar-refractivity contribution in [3.63, 3.8) is 0 Å². The number of rotatable bonds is 7. The highest BCUT2D eigenvalue weighted by molar-refractivity contribution is 5.81. The Morgan fingerprint density at radius 3 is 2.63 bits per heavy atom. The number of nitrogens with one attached hydrogen (secondary N) is 1. The predicted octanol–water partition coefficient (Wildman–Crippen LogP) is 3.85. The topological polar surface area (TPSA) is 54.5 Å². The molecule has 0 bridgehead atoms. The summed E-state index contributed by atoms with van der Waals surface area (Å²) >= 11 is 0. The van der Waals surface area contributed by atoms with Crippen LogP contribution in [0.3, 0.4) is 0 Å². The first-order valence-electron chi connectivity index (χ1n) is 8.45. The number of pyridine rings is 1. The van der Waals surface area contributed by atoms with E-state index in [2.05, 4.69) is 10.3 Å². The first kappa shape index (κ1) is 20.7. The first-order valence-corrected chi connectivity index (χ1v) is 8.45. The monoisotopic (exact) mass is 381 g/mol. The smallest absolute Gasteiger partial charge is 0.416 e. The lowest BCUT2D eigenvalue weighted by Crippen LogP contribution is -2.42. The quantitative estimate of drug-likeness (QED) is 0.792. The van der Waals surface area contributed by atoms with E-state index < -0.39 is 11.7 Å². The Bertz CT molecular complexity index is 779. The van der Waals surface area contributed by atoms with E-state index in [1.54, 1.807) is 12.1 Å². The summed E-state index contributed by atoms with van der Waals surface area (Å²) in [5, 5.41) is 2.81. The molecule has 1 N–H and O–H groups in total. The molecule has 2 aromatic rings. The van der Waals surface area contributed by atoms with Gasteiger partial charge in [-0.15, -0.1) is 0 Å². The van der Waals surface area contributed by atoms with E-state index in [0.717, 1.165) is 12.1 Å². The number of likely N-dealkylation sites (N-methyl/N-ethyl adjacent to an activating group) is 1. The summed E-state index contributed by atoms with van der Waals surface area (Å²) < 4.78 is 44.1. The van der Waals surface area contributed by atoms with E-state index in [0.29, 0.717) is 12.0 Å². The highest BCUT2D eigenvalue weighted by Crippen LogP contribution is 2.32. The van der Waals surface area contributed by atoms with Crippen LogP contribution in [0, 0.1) is 0 Å². The maximum absolute atomic E-state index is 12.8. The van der Waals surface area contributed by atoms with Crippen molar-refractivity contribution in [2.45, 2.75) is 32.1 Å². The number of aromatic nitrogens is 1. The number of amides is 1. The van der Waals surface area contributed by atoms with Crippen molar-refractivity contribution in [1.82, 2.24) is 15.2 Å². The minimum atomic E-state index is -4.46. The van der Waals surface area contributed by atoms with Crippen LogP contribution in [-0.4, -0.2) is 35.9 Å². The van der Waals surface area contributed by atoms with Crippen molar-refractivity contribution < 1.29 is 22.7 Å². The minimum Gasteiger partial charge on any atom is -0.439 e. The van der Waals surface area contributed by atoms with E-state index in [-0.39, 0.29) is 30.1 Å². The normalized spacial score (nSPS) is 12.7. The van der Waals surface area contributed by atoms with Crippen LogP contribution in [0.15, 0.2) is 42.6 Å². The number of alkyl halides is 3. The molecular formula is C19H22F3N3O2. The standard InChI is InChI=1S/C19H22F3N3O2/c1-4-16(25(2)3)17(26)24-12-13-7-6-10-23-18(13)27-15-9-5-8-14(11-15)19(20,21)22/h5-11,16H,4,12H2,1-3H3,(H,24,26)/t16-/m0/s1. The number of carbonyl (C=O) groups is 1. The zero-order chi connectivity index (χ0) is 20.0. The highest BCUT2D eigenvalue weighted by Gasteiger charge is 2.30. The second-order valence-electron chi connectivity index (χ2n) is 6.20. The molecule has 2 rings (SSSR count). The van der Waals surface area contributed by atoms with Gasteiger partial charge in [0, 0.05) is 18.3 Å².